The predicted molar refractivity (Wildman–Crippen MR) is 140 cm³/mol. The van der Waals surface area contributed by atoms with Gasteiger partial charge in [-0.2, -0.15) is 4.98 Å². The molecule has 1 aliphatic rings. The molecule has 0 radical (unpaired) electrons. The van der Waals surface area contributed by atoms with Crippen LogP contribution in [0, 0.1) is 11.8 Å². The number of imidazole rings is 1. The summed E-state index contributed by atoms with van der Waals surface area (Å²) in [6, 6.07) is 7.52. The van der Waals surface area contributed by atoms with E-state index in [4.69, 9.17) is 10.7 Å². The Kier molecular flexibility index (Phi) is 7.27. The van der Waals surface area contributed by atoms with Gasteiger partial charge >= 0.3 is 5.69 Å². The maximum absolute atomic E-state index is 13.5. The molecule has 10 heteroatoms. The topological polar surface area (TPSA) is 116 Å². The number of aryl methyl sites for hydroxylation is 1. The number of nitrogens with two attached hydrogens (primary N) is 1. The van der Waals surface area contributed by atoms with Gasteiger partial charge in [-0.3, -0.25) is 28.5 Å². The van der Waals surface area contributed by atoms with Crippen molar-refractivity contribution >= 4 is 35.7 Å². The van der Waals surface area contributed by atoms with Crippen LogP contribution in [-0.4, -0.2) is 57.3 Å². The maximum Gasteiger partial charge on any atom is 0.332 e. The van der Waals surface area contributed by atoms with E-state index in [1.807, 2.05) is 24.3 Å². The molecule has 1 unspecified atom stereocenters. The summed E-state index contributed by atoms with van der Waals surface area (Å²) in [7, 11) is 1.63. The number of para-hydroxylation sites is 1. The number of aliphatic imine (C=N–C) groups is 2. The van der Waals surface area contributed by atoms with Crippen LogP contribution in [0.2, 0.25) is 0 Å². The Morgan fingerprint density at radius 1 is 1.29 bits per heavy atom. The van der Waals surface area contributed by atoms with Crippen molar-refractivity contribution in [2.24, 2.45) is 22.8 Å². The molecule has 0 bridgehead atoms. The molecule has 1 atom stereocenters. The van der Waals surface area contributed by atoms with Crippen molar-refractivity contribution < 1.29 is 0 Å². The molecule has 1 fully saturated rings. The van der Waals surface area contributed by atoms with Crippen molar-refractivity contribution in [1.29, 1.82) is 0 Å². The third-order valence-electron chi connectivity index (χ3n) is 6.16. The highest BCUT2D eigenvalue weighted by molar-refractivity contribution is 5.87. The molecule has 0 spiro atoms. The highest BCUT2D eigenvalue weighted by Gasteiger charge is 2.26. The summed E-state index contributed by atoms with van der Waals surface area (Å²) in [5, 5.41) is 0. The Labute approximate surface area is 203 Å². The first-order valence-electron chi connectivity index (χ1n) is 11.6. The molecule has 1 saturated heterocycles. The summed E-state index contributed by atoms with van der Waals surface area (Å²) in [4.78, 5) is 41.8. The van der Waals surface area contributed by atoms with Crippen molar-refractivity contribution in [2.75, 3.05) is 24.5 Å². The Bertz CT molecular complexity index is 1450. The zero-order chi connectivity index (χ0) is 24.9. The molecule has 3 aromatic rings. The number of nitrogens with zero attached hydrogens (tertiary/aromatic N) is 7. The molecule has 0 saturated carbocycles. The molecule has 3 heterocycles. The molecule has 10 nitrogen and oxygen atoms in total. The molecule has 1 aromatic carbocycles. The van der Waals surface area contributed by atoms with E-state index in [0.29, 0.717) is 30.2 Å². The molecule has 2 aromatic heterocycles. The SMILES string of the molecule is C=Nc1ccccc1/C=N\CCn1c(=O)c2c(nc(N3CCCC(N)C3)n2CC#CC)n(C)c1=O. The van der Waals surface area contributed by atoms with Gasteiger partial charge in [-0.1, -0.05) is 24.1 Å². The number of piperidine rings is 1. The number of anilines is 1. The largest absolute Gasteiger partial charge is 0.341 e. The van der Waals surface area contributed by atoms with Crippen LogP contribution in [0.1, 0.15) is 25.3 Å². The molecular weight excluding hydrogens is 444 g/mol. The Morgan fingerprint density at radius 2 is 2.09 bits per heavy atom. The van der Waals surface area contributed by atoms with Crippen molar-refractivity contribution in [3.63, 3.8) is 0 Å². The number of rotatable bonds is 7. The first-order valence-corrected chi connectivity index (χ1v) is 11.6. The lowest BCUT2D eigenvalue weighted by Gasteiger charge is -2.31. The van der Waals surface area contributed by atoms with Crippen LogP contribution >= 0.6 is 0 Å². The van der Waals surface area contributed by atoms with Gasteiger partial charge in [0.25, 0.3) is 5.56 Å². The molecule has 0 amide bonds. The lowest BCUT2D eigenvalue weighted by molar-refractivity contribution is 0.496. The monoisotopic (exact) mass is 474 g/mol. The number of benzene rings is 1. The number of hydrogen-bond acceptors (Lipinski definition) is 7. The summed E-state index contributed by atoms with van der Waals surface area (Å²) in [5.74, 6) is 6.54. The molecular formula is C25H30N8O2. The minimum atomic E-state index is -0.432. The highest BCUT2D eigenvalue weighted by Crippen LogP contribution is 2.22. The first kappa shape index (κ1) is 24.2. The van der Waals surface area contributed by atoms with Gasteiger partial charge in [0.15, 0.2) is 11.2 Å². The predicted octanol–water partition coefficient (Wildman–Crippen LogP) is 1.30. The Hall–Kier alpha value is -3.97. The van der Waals surface area contributed by atoms with E-state index in [-0.39, 0.29) is 19.1 Å². The summed E-state index contributed by atoms with van der Waals surface area (Å²) in [6.07, 6.45) is 3.57. The zero-order valence-corrected chi connectivity index (χ0v) is 20.1. The summed E-state index contributed by atoms with van der Waals surface area (Å²) < 4.78 is 4.43. The van der Waals surface area contributed by atoms with Crippen LogP contribution in [0.25, 0.3) is 11.2 Å². The second-order valence-corrected chi connectivity index (χ2v) is 8.50. The van der Waals surface area contributed by atoms with Gasteiger partial charge in [-0.25, -0.2) is 4.79 Å². The van der Waals surface area contributed by atoms with Crippen molar-refractivity contribution in [2.45, 2.75) is 38.9 Å². The number of aromatic nitrogens is 4. The lowest BCUT2D eigenvalue weighted by atomic mass is 10.1. The van der Waals surface area contributed by atoms with Gasteiger partial charge in [0.2, 0.25) is 5.95 Å². The first-order chi connectivity index (χ1) is 17.0. The minimum absolute atomic E-state index is 0.0361. The van der Waals surface area contributed by atoms with E-state index in [9.17, 15) is 9.59 Å². The fourth-order valence-corrected chi connectivity index (χ4v) is 4.36. The van der Waals surface area contributed by atoms with Gasteiger partial charge in [0.05, 0.1) is 25.3 Å². The third-order valence-corrected chi connectivity index (χ3v) is 6.16. The van der Waals surface area contributed by atoms with Gasteiger partial charge in [0, 0.05) is 38.0 Å². The summed E-state index contributed by atoms with van der Waals surface area (Å²) >= 11 is 0. The van der Waals surface area contributed by atoms with Gasteiger partial charge in [-0.05, 0) is 32.5 Å². The second kappa shape index (κ2) is 10.5. The maximum atomic E-state index is 13.5. The van der Waals surface area contributed by atoms with Crippen molar-refractivity contribution in [1.82, 2.24) is 18.7 Å². The smallest absolute Gasteiger partial charge is 0.332 e. The molecule has 182 valence electrons. The number of fused-ring (bicyclic) bond motifs is 1. The lowest BCUT2D eigenvalue weighted by Crippen LogP contribution is -2.44. The van der Waals surface area contributed by atoms with E-state index in [1.165, 1.54) is 9.13 Å². The molecule has 1 aliphatic heterocycles. The van der Waals surface area contributed by atoms with Crippen LogP contribution in [0.3, 0.4) is 0 Å². The van der Waals surface area contributed by atoms with E-state index < -0.39 is 11.2 Å². The molecule has 4 rings (SSSR count). The van der Waals surface area contributed by atoms with E-state index in [2.05, 4.69) is 33.4 Å². The van der Waals surface area contributed by atoms with Crippen molar-refractivity contribution in [3.8, 4) is 11.8 Å². The normalized spacial score (nSPS) is 16.0. The van der Waals surface area contributed by atoms with Crippen LogP contribution < -0.4 is 21.9 Å². The Balaban J connectivity index is 1.72. The van der Waals surface area contributed by atoms with Crippen molar-refractivity contribution in [3.05, 3.63) is 50.7 Å². The average molecular weight is 475 g/mol. The third kappa shape index (κ3) is 4.81. The molecule has 0 aliphatic carbocycles. The quantitative estimate of drug-likeness (QED) is 0.409. The standard InChI is InChI=1S/C25H30N8O2/c1-4-5-14-32-21-22(29-24(32)31-13-8-10-19(26)17-31)30(3)25(35)33(23(21)34)15-12-28-16-18-9-6-7-11-20(18)27-2/h6-7,9,11,16,19H,2,8,10,12-15,17,26H2,1,3H3/b28-16-. The highest BCUT2D eigenvalue weighted by atomic mass is 16.2. The fraction of sp³-hybridized carbons (Fsp3) is 0.400. The number of hydrogen-bond donors (Lipinski definition) is 1. The van der Waals surface area contributed by atoms with E-state index in [0.717, 1.165) is 30.6 Å². The van der Waals surface area contributed by atoms with E-state index >= 15 is 0 Å². The average Bonchev–Trinajstić information content (AvgIpc) is 3.25. The van der Waals surface area contributed by atoms with Crippen LogP contribution in [-0.2, 0) is 20.1 Å². The zero-order valence-electron chi connectivity index (χ0n) is 20.1. The van der Waals surface area contributed by atoms with Gasteiger partial charge < -0.3 is 10.6 Å². The Morgan fingerprint density at radius 3 is 2.83 bits per heavy atom. The van der Waals surface area contributed by atoms with Gasteiger partial charge in [-0.15, -0.1) is 5.92 Å². The van der Waals surface area contributed by atoms with Crippen LogP contribution in [0.5, 0.6) is 0 Å². The van der Waals surface area contributed by atoms with E-state index in [1.54, 1.807) is 24.8 Å². The van der Waals surface area contributed by atoms with Gasteiger partial charge in [0.1, 0.15) is 0 Å². The second-order valence-electron chi connectivity index (χ2n) is 8.50. The van der Waals surface area contributed by atoms with Crippen LogP contribution in [0.4, 0.5) is 11.6 Å². The molecule has 2 N–H and O–H groups in total. The summed E-state index contributed by atoms with van der Waals surface area (Å²) in [6.45, 7) is 7.43. The molecule has 35 heavy (non-hydrogen) atoms. The summed E-state index contributed by atoms with van der Waals surface area (Å²) in [5.41, 5.74) is 7.60. The minimum Gasteiger partial charge on any atom is -0.341 e. The van der Waals surface area contributed by atoms with Crippen LogP contribution in [0.15, 0.2) is 43.8 Å². The fourth-order valence-electron chi connectivity index (χ4n) is 4.36.